The number of benzene rings is 2. The molecule has 6 radical (unpaired) electrons. The zero-order valence-electron chi connectivity index (χ0n) is 6.72. The Hall–Kier alpha value is -1.76. The quantitative estimate of drug-likeness (QED) is 0.661. The molecule has 1 heteroatoms. The van der Waals surface area contributed by atoms with Crippen LogP contribution in [0.15, 0.2) is 24.3 Å². The van der Waals surface area contributed by atoms with Gasteiger partial charge in [0.1, 0.15) is 11.5 Å². The maximum atomic E-state index is 5.36. The first-order valence-corrected chi connectivity index (χ1v) is 3.73. The van der Waals surface area contributed by atoms with Gasteiger partial charge in [-0.3, -0.25) is 0 Å². The highest BCUT2D eigenvalue weighted by Gasteiger charge is 1.94. The zero-order valence-corrected chi connectivity index (χ0v) is 6.72. The van der Waals surface area contributed by atoms with Gasteiger partial charge in [-0.1, -0.05) is 0 Å². The van der Waals surface area contributed by atoms with Gasteiger partial charge in [-0.2, -0.15) is 0 Å². The summed E-state index contributed by atoms with van der Waals surface area (Å²) in [5.41, 5.74) is 0. The average molecular weight is 164 g/mol. The second-order valence-corrected chi connectivity index (χ2v) is 2.29. The lowest BCUT2D eigenvalue weighted by Crippen LogP contribution is -1.82. The third kappa shape index (κ3) is 2.09. The summed E-state index contributed by atoms with van der Waals surface area (Å²) in [5.74, 6) is 1.18. The van der Waals surface area contributed by atoms with Crippen LogP contribution in [0, 0.1) is 36.4 Å². The van der Waals surface area contributed by atoms with Gasteiger partial charge < -0.3 is 4.74 Å². The van der Waals surface area contributed by atoms with Gasteiger partial charge >= 0.3 is 0 Å². The van der Waals surface area contributed by atoms with E-state index in [4.69, 9.17) is 4.74 Å². The summed E-state index contributed by atoms with van der Waals surface area (Å²) in [6, 6.07) is 23.3. The highest BCUT2D eigenvalue weighted by atomic mass is 16.5. The maximum absolute atomic E-state index is 5.36. The van der Waals surface area contributed by atoms with Gasteiger partial charge in [0.2, 0.25) is 0 Å². The van der Waals surface area contributed by atoms with Crippen molar-refractivity contribution in [1.82, 2.24) is 0 Å². The fourth-order valence-corrected chi connectivity index (χ4v) is 0.834. The Bertz CT molecular complexity index is 316. The van der Waals surface area contributed by atoms with Crippen LogP contribution in [0.25, 0.3) is 0 Å². The van der Waals surface area contributed by atoms with E-state index in [1.165, 1.54) is 0 Å². The van der Waals surface area contributed by atoms with E-state index < -0.39 is 0 Å². The molecule has 2 aromatic rings. The molecule has 0 bridgehead atoms. The van der Waals surface area contributed by atoms with Crippen LogP contribution in [0.3, 0.4) is 0 Å². The molecule has 0 fully saturated rings. The van der Waals surface area contributed by atoms with E-state index in [0.717, 1.165) is 0 Å². The van der Waals surface area contributed by atoms with E-state index in [2.05, 4.69) is 36.4 Å². The van der Waals surface area contributed by atoms with Gasteiger partial charge in [0.15, 0.2) is 0 Å². The first kappa shape index (κ1) is 7.87. The standard InChI is InChI=1S/C12H4O/c1-3-7-11(8-4-1)13-12-9-5-2-6-10-12/h3,5,7,9H. The number of hydrogen-bond donors (Lipinski definition) is 0. The third-order valence-corrected chi connectivity index (χ3v) is 1.37. The van der Waals surface area contributed by atoms with Gasteiger partial charge in [0, 0.05) is 24.3 Å². The lowest BCUT2D eigenvalue weighted by molar-refractivity contribution is 0.480. The van der Waals surface area contributed by atoms with Gasteiger partial charge in [-0.25, -0.2) is 0 Å². The van der Waals surface area contributed by atoms with Crippen LogP contribution in [-0.2, 0) is 0 Å². The predicted octanol–water partition coefficient (Wildman–Crippen LogP) is 2.28. The van der Waals surface area contributed by atoms with Crippen LogP contribution in [0.5, 0.6) is 11.5 Å². The topological polar surface area (TPSA) is 9.23 Å². The fourth-order valence-electron chi connectivity index (χ4n) is 0.834. The second-order valence-electron chi connectivity index (χ2n) is 2.29. The molecule has 0 saturated heterocycles. The average Bonchev–Trinajstić information content (AvgIpc) is 2.21. The second kappa shape index (κ2) is 3.76. The number of ether oxygens (including phenoxy) is 1. The van der Waals surface area contributed by atoms with Crippen LogP contribution in [-0.4, -0.2) is 0 Å². The van der Waals surface area contributed by atoms with Gasteiger partial charge in [0.05, 0.1) is 0 Å². The molecule has 58 valence electrons. The summed E-state index contributed by atoms with van der Waals surface area (Å²) in [7, 11) is 0. The van der Waals surface area contributed by atoms with Crippen molar-refractivity contribution in [3.05, 3.63) is 60.7 Å². The molecular formula is C12H4O. The van der Waals surface area contributed by atoms with E-state index in [0.29, 0.717) is 11.5 Å². The summed E-state index contributed by atoms with van der Waals surface area (Å²) in [6.07, 6.45) is 0. The van der Waals surface area contributed by atoms with Crippen molar-refractivity contribution in [2.75, 3.05) is 0 Å². The monoisotopic (exact) mass is 164 g/mol. The number of rotatable bonds is 2. The van der Waals surface area contributed by atoms with Crippen LogP contribution >= 0.6 is 0 Å². The summed E-state index contributed by atoms with van der Waals surface area (Å²) >= 11 is 0. The van der Waals surface area contributed by atoms with Crippen molar-refractivity contribution in [3.63, 3.8) is 0 Å². The highest BCUT2D eigenvalue weighted by molar-refractivity contribution is 5.27. The Kier molecular flexibility index (Phi) is 2.28. The first-order valence-electron chi connectivity index (χ1n) is 3.73. The minimum Gasteiger partial charge on any atom is -0.456 e. The molecule has 0 unspecified atom stereocenters. The first-order chi connectivity index (χ1) is 6.45. The highest BCUT2D eigenvalue weighted by Crippen LogP contribution is 2.17. The zero-order chi connectivity index (χ0) is 8.93. The molecule has 1 nitrogen and oxygen atoms in total. The van der Waals surface area contributed by atoms with E-state index in [1.807, 2.05) is 0 Å². The smallest absolute Gasteiger partial charge is 0.136 e. The van der Waals surface area contributed by atoms with E-state index in [9.17, 15) is 0 Å². The van der Waals surface area contributed by atoms with Crippen LogP contribution < -0.4 is 4.74 Å². The molecule has 2 aromatic carbocycles. The van der Waals surface area contributed by atoms with Gasteiger partial charge in [0.25, 0.3) is 0 Å². The van der Waals surface area contributed by atoms with Crippen molar-refractivity contribution in [1.29, 1.82) is 0 Å². The van der Waals surface area contributed by atoms with Gasteiger partial charge in [-0.15, -0.1) is 0 Å². The minimum absolute atomic E-state index is 0.592. The molecule has 0 spiro atoms. The Morgan fingerprint density at radius 3 is 1.77 bits per heavy atom. The SMILES string of the molecule is [c]1[c]ccc(Oc2[c][c][c]cc2)[c]1. The van der Waals surface area contributed by atoms with Crippen LogP contribution in [0.2, 0.25) is 0 Å². The normalized spacial score (nSPS) is 9.54. The predicted molar refractivity (Wildman–Crippen MR) is 46.0 cm³/mol. The fraction of sp³-hybridized carbons (Fsp3) is 0. The Balaban J connectivity index is 2.16. The van der Waals surface area contributed by atoms with Crippen molar-refractivity contribution in [2.24, 2.45) is 0 Å². The van der Waals surface area contributed by atoms with Gasteiger partial charge in [-0.05, 0) is 36.4 Å². The Labute approximate surface area is 77.6 Å². The molecule has 2 rings (SSSR count). The molecular weight excluding hydrogens is 160 g/mol. The van der Waals surface area contributed by atoms with Crippen LogP contribution in [0.4, 0.5) is 0 Å². The molecule has 0 aliphatic rings. The molecule has 0 aromatic heterocycles. The largest absolute Gasteiger partial charge is 0.456 e. The summed E-state index contributed by atoms with van der Waals surface area (Å²) in [5, 5.41) is 0. The van der Waals surface area contributed by atoms with Crippen molar-refractivity contribution >= 4 is 0 Å². The Morgan fingerprint density at radius 2 is 1.38 bits per heavy atom. The van der Waals surface area contributed by atoms with E-state index in [-0.39, 0.29) is 0 Å². The maximum Gasteiger partial charge on any atom is 0.136 e. The van der Waals surface area contributed by atoms with Crippen LogP contribution in [0.1, 0.15) is 0 Å². The molecule has 13 heavy (non-hydrogen) atoms. The van der Waals surface area contributed by atoms with Crippen molar-refractivity contribution in [2.45, 2.75) is 0 Å². The molecule has 0 atom stereocenters. The lowest BCUT2D eigenvalue weighted by Gasteiger charge is -2.02. The Morgan fingerprint density at radius 1 is 0.846 bits per heavy atom. The molecule has 0 heterocycles. The lowest BCUT2D eigenvalue weighted by atomic mass is 10.3. The summed E-state index contributed by atoms with van der Waals surface area (Å²) in [4.78, 5) is 0. The third-order valence-electron chi connectivity index (χ3n) is 1.37. The van der Waals surface area contributed by atoms with E-state index in [1.54, 1.807) is 24.3 Å². The van der Waals surface area contributed by atoms with Crippen molar-refractivity contribution < 1.29 is 4.74 Å². The molecule has 0 aliphatic heterocycles. The number of hydrogen-bond acceptors (Lipinski definition) is 1. The molecule has 0 saturated carbocycles. The van der Waals surface area contributed by atoms with E-state index >= 15 is 0 Å². The molecule has 0 amide bonds. The molecule has 0 aliphatic carbocycles. The van der Waals surface area contributed by atoms with Crippen molar-refractivity contribution in [3.8, 4) is 11.5 Å². The summed E-state index contributed by atoms with van der Waals surface area (Å²) < 4.78 is 5.36. The summed E-state index contributed by atoms with van der Waals surface area (Å²) in [6.45, 7) is 0. The molecule has 0 N–H and O–H groups in total. The minimum atomic E-state index is 0.592.